The summed E-state index contributed by atoms with van der Waals surface area (Å²) in [6.07, 6.45) is 42.6. The lowest BCUT2D eigenvalue weighted by molar-refractivity contribution is -0.870. The van der Waals surface area contributed by atoms with Crippen molar-refractivity contribution in [3.8, 4) is 0 Å². The Hall–Kier alpha value is -2.36. The molecule has 1 N–H and O–H groups in total. The van der Waals surface area contributed by atoms with Gasteiger partial charge in [0.1, 0.15) is 19.8 Å². The Labute approximate surface area is 360 Å². The zero-order valence-electron chi connectivity index (χ0n) is 38.2. The first kappa shape index (κ1) is 56.6. The number of unbranched alkanes of at least 4 members (excludes halogenated alkanes) is 19. The number of nitrogens with zero attached hydrogens (tertiary/aromatic N) is 1. The summed E-state index contributed by atoms with van der Waals surface area (Å²) in [6.45, 7) is 4.20. The molecule has 0 bridgehead atoms. The molecule has 0 radical (unpaired) electrons. The topological polar surface area (TPSA) is 125 Å². The average Bonchev–Trinajstić information content (AvgIpc) is 3.18. The lowest BCUT2D eigenvalue weighted by atomic mass is 10.1. The van der Waals surface area contributed by atoms with Gasteiger partial charge in [-0.05, 0) is 70.3 Å². The molecule has 0 amide bonds. The molecule has 0 spiro atoms. The predicted molar refractivity (Wildman–Crippen MR) is 243 cm³/mol. The molecule has 2 atom stereocenters. The monoisotopic (exact) mass is 853 g/mol. The highest BCUT2D eigenvalue weighted by Gasteiger charge is 2.27. The van der Waals surface area contributed by atoms with E-state index in [9.17, 15) is 23.8 Å². The lowest BCUT2D eigenvalue weighted by Gasteiger charge is -2.24. The van der Waals surface area contributed by atoms with Crippen LogP contribution in [0.1, 0.15) is 187 Å². The minimum Gasteiger partial charge on any atom is -0.462 e. The van der Waals surface area contributed by atoms with E-state index in [1.165, 1.54) is 77.0 Å². The van der Waals surface area contributed by atoms with E-state index < -0.39 is 32.5 Å². The Morgan fingerprint density at radius 1 is 0.576 bits per heavy atom. The summed E-state index contributed by atoms with van der Waals surface area (Å²) in [5.74, 6) is -0.769. The molecule has 0 aliphatic carbocycles. The number of phosphoric acid groups is 1. The molecule has 0 fully saturated rings. The van der Waals surface area contributed by atoms with E-state index >= 15 is 0 Å². The lowest BCUT2D eigenvalue weighted by Crippen LogP contribution is -2.37. The predicted octanol–water partition coefficient (Wildman–Crippen LogP) is 12.6. The van der Waals surface area contributed by atoms with Crippen LogP contribution in [-0.4, -0.2) is 80.7 Å². The van der Waals surface area contributed by atoms with Crippen LogP contribution in [0.25, 0.3) is 0 Å². The van der Waals surface area contributed by atoms with Crippen LogP contribution in [0.2, 0.25) is 0 Å². The molecule has 59 heavy (non-hydrogen) atoms. The quantitative estimate of drug-likeness (QED) is 0.0121. The van der Waals surface area contributed by atoms with E-state index in [2.05, 4.69) is 44.2 Å². The maximum Gasteiger partial charge on any atom is 0.472 e. The molecule has 0 saturated carbocycles. The van der Waals surface area contributed by atoms with Gasteiger partial charge in [0.15, 0.2) is 11.9 Å². The zero-order valence-corrected chi connectivity index (χ0v) is 39.1. The summed E-state index contributed by atoms with van der Waals surface area (Å²) in [5, 5.41) is 0. The largest absolute Gasteiger partial charge is 0.472 e. The van der Waals surface area contributed by atoms with Crippen LogP contribution in [0.15, 0.2) is 48.6 Å². The van der Waals surface area contributed by atoms with E-state index in [4.69, 9.17) is 18.5 Å². The fraction of sp³-hybridized carbons (Fsp3) is 0.771. The molecule has 0 heterocycles. The molecule has 0 aliphatic heterocycles. The van der Waals surface area contributed by atoms with Crippen molar-refractivity contribution < 1.29 is 46.8 Å². The maximum absolute atomic E-state index is 12.7. The highest BCUT2D eigenvalue weighted by Crippen LogP contribution is 2.43. The number of hydrogen-bond acceptors (Lipinski definition) is 8. The standard InChI is InChI=1S/C48H86NO9P/c1-6-8-10-12-14-15-16-17-18-19-20-21-22-23-24-25-27-31-36-40-48(52)58-46(44-57-59(53,54)56-42-41-49(3,4)5)43-55-47(51)39-35-32-28-30-34-38-45(50)37-33-29-26-13-11-9-7-2/h14-15,17-18,26,29,33,37,46H,6-13,16,19-25,27-28,30-32,34-36,38-44H2,1-5H3/p+1/b15-14-,18-17-,29-26-,37-33+/t46-/m1/s1. The third-order valence-electron chi connectivity index (χ3n) is 9.81. The molecule has 11 heteroatoms. The zero-order chi connectivity index (χ0) is 43.7. The van der Waals surface area contributed by atoms with Crippen molar-refractivity contribution in [3.05, 3.63) is 48.6 Å². The smallest absolute Gasteiger partial charge is 0.462 e. The summed E-state index contributed by atoms with van der Waals surface area (Å²) < 4.78 is 34.3. The van der Waals surface area contributed by atoms with Crippen LogP contribution in [-0.2, 0) is 37.5 Å². The molecule has 1 unspecified atom stereocenters. The van der Waals surface area contributed by atoms with Crippen LogP contribution in [0.4, 0.5) is 0 Å². The highest BCUT2D eigenvalue weighted by molar-refractivity contribution is 7.47. The second-order valence-corrected chi connectivity index (χ2v) is 18.3. The van der Waals surface area contributed by atoms with Gasteiger partial charge < -0.3 is 18.9 Å². The molecule has 0 aromatic heterocycles. The van der Waals surface area contributed by atoms with Crippen molar-refractivity contribution in [3.63, 3.8) is 0 Å². The third kappa shape index (κ3) is 43.5. The van der Waals surface area contributed by atoms with Gasteiger partial charge in [-0.3, -0.25) is 23.4 Å². The summed E-state index contributed by atoms with van der Waals surface area (Å²) in [5.41, 5.74) is 0. The number of esters is 2. The first-order chi connectivity index (χ1) is 28.4. The van der Waals surface area contributed by atoms with Crippen molar-refractivity contribution in [2.24, 2.45) is 0 Å². The van der Waals surface area contributed by atoms with E-state index in [1.54, 1.807) is 6.08 Å². The third-order valence-corrected chi connectivity index (χ3v) is 10.8. The van der Waals surface area contributed by atoms with E-state index in [0.29, 0.717) is 30.3 Å². The molecule has 0 aromatic carbocycles. The van der Waals surface area contributed by atoms with Gasteiger partial charge in [0, 0.05) is 19.3 Å². The molecule has 342 valence electrons. The number of hydrogen-bond donors (Lipinski definition) is 1. The Balaban J connectivity index is 4.40. The van der Waals surface area contributed by atoms with Crippen LogP contribution in [0, 0.1) is 0 Å². The van der Waals surface area contributed by atoms with Gasteiger partial charge in [0.2, 0.25) is 0 Å². The first-order valence-corrected chi connectivity index (χ1v) is 24.8. The number of carbonyl (C=O) groups is 3. The number of likely N-dealkylation sites (N-methyl/N-ethyl adjacent to an activating group) is 1. The van der Waals surface area contributed by atoms with Crippen molar-refractivity contribution in [1.29, 1.82) is 0 Å². The molecular formula is C48H87NO9P+. The molecule has 0 aromatic rings. The van der Waals surface area contributed by atoms with Crippen LogP contribution < -0.4 is 0 Å². The Kier molecular flexibility index (Phi) is 38.2. The van der Waals surface area contributed by atoms with E-state index in [-0.39, 0.29) is 31.8 Å². The second-order valence-electron chi connectivity index (χ2n) is 16.8. The van der Waals surface area contributed by atoms with Crippen LogP contribution >= 0.6 is 7.82 Å². The molecular weight excluding hydrogens is 765 g/mol. The maximum atomic E-state index is 12.7. The molecule has 0 saturated heterocycles. The van der Waals surface area contributed by atoms with Crippen molar-refractivity contribution >= 4 is 25.5 Å². The second kappa shape index (κ2) is 39.8. The minimum absolute atomic E-state index is 0.0100. The van der Waals surface area contributed by atoms with E-state index in [0.717, 1.165) is 64.2 Å². The number of carbonyl (C=O) groups excluding carboxylic acids is 3. The fourth-order valence-electron chi connectivity index (χ4n) is 6.08. The van der Waals surface area contributed by atoms with Crippen molar-refractivity contribution in [2.45, 2.75) is 193 Å². The van der Waals surface area contributed by atoms with Crippen LogP contribution in [0.3, 0.4) is 0 Å². The summed E-state index contributed by atoms with van der Waals surface area (Å²) in [4.78, 5) is 47.5. The summed E-state index contributed by atoms with van der Waals surface area (Å²) in [7, 11) is 1.40. The number of phosphoric ester groups is 1. The number of rotatable bonds is 42. The number of ether oxygens (including phenoxy) is 2. The minimum atomic E-state index is -4.41. The van der Waals surface area contributed by atoms with Gasteiger partial charge in [-0.2, -0.15) is 0 Å². The Morgan fingerprint density at radius 2 is 1.07 bits per heavy atom. The van der Waals surface area contributed by atoms with Gasteiger partial charge in [-0.1, -0.05) is 146 Å². The Bertz CT molecular complexity index is 1210. The van der Waals surface area contributed by atoms with Crippen molar-refractivity contribution in [2.75, 3.05) is 47.5 Å². The van der Waals surface area contributed by atoms with E-state index in [1.807, 2.05) is 33.3 Å². The Morgan fingerprint density at radius 3 is 1.63 bits per heavy atom. The van der Waals surface area contributed by atoms with Gasteiger partial charge in [0.25, 0.3) is 0 Å². The fourth-order valence-corrected chi connectivity index (χ4v) is 6.83. The number of ketones is 1. The average molecular weight is 853 g/mol. The van der Waals surface area contributed by atoms with Gasteiger partial charge in [-0.25, -0.2) is 4.57 Å². The molecule has 0 rings (SSSR count). The van der Waals surface area contributed by atoms with Crippen LogP contribution in [0.5, 0.6) is 0 Å². The van der Waals surface area contributed by atoms with Crippen molar-refractivity contribution in [1.82, 2.24) is 0 Å². The molecule has 10 nitrogen and oxygen atoms in total. The van der Waals surface area contributed by atoms with Gasteiger partial charge in [-0.15, -0.1) is 0 Å². The SMILES string of the molecule is CCCCC/C=C\C=C\C(=O)CCCCCCCC(=O)OC[C@H](COP(=O)(O)OCC[N+](C)(C)C)OC(=O)CCCCCCCCCCC/C=C\C/C=C\CCCCC. The summed E-state index contributed by atoms with van der Waals surface area (Å²) >= 11 is 0. The summed E-state index contributed by atoms with van der Waals surface area (Å²) in [6, 6.07) is 0. The molecule has 0 aliphatic rings. The highest BCUT2D eigenvalue weighted by atomic mass is 31.2. The first-order valence-electron chi connectivity index (χ1n) is 23.3. The number of allylic oxidation sites excluding steroid dienone is 8. The van der Waals surface area contributed by atoms with Gasteiger partial charge in [0.05, 0.1) is 27.7 Å². The number of quaternary nitrogens is 1. The van der Waals surface area contributed by atoms with Gasteiger partial charge >= 0.3 is 19.8 Å². The normalized spacial score (nSPS) is 13.9.